The van der Waals surface area contributed by atoms with Crippen molar-refractivity contribution in [1.82, 2.24) is 0 Å². The van der Waals surface area contributed by atoms with Crippen LogP contribution in [0.2, 0.25) is 5.02 Å². The van der Waals surface area contributed by atoms with E-state index in [2.05, 4.69) is 6.58 Å². The maximum atomic E-state index is 15.2. The molecule has 3 aromatic carbocycles. The fourth-order valence-corrected chi connectivity index (χ4v) is 8.89. The summed E-state index contributed by atoms with van der Waals surface area (Å²) in [5.41, 5.74) is 1.69. The van der Waals surface area contributed by atoms with Crippen LogP contribution in [0, 0.1) is 23.7 Å². The number of rotatable bonds is 6. The van der Waals surface area contributed by atoms with E-state index in [-0.39, 0.29) is 24.8 Å². The Kier molecular flexibility index (Phi) is 7.12. The second-order valence-corrected chi connectivity index (χ2v) is 13.3. The number of nitrogens with zero attached hydrogens (tertiary/aromatic N) is 2. The highest BCUT2D eigenvalue weighted by atomic mass is 35.5. The second kappa shape index (κ2) is 11.3. The highest BCUT2D eigenvalue weighted by Gasteiger charge is 2.71. The molecule has 0 bridgehead atoms. The first-order valence-electron chi connectivity index (χ1n) is 16.0. The summed E-state index contributed by atoms with van der Waals surface area (Å²) in [6, 6.07) is 26.4. The molecule has 8 rings (SSSR count). The van der Waals surface area contributed by atoms with Gasteiger partial charge in [-0.3, -0.25) is 24.1 Å². The molecular formula is C39H31ClN2O6. The summed E-state index contributed by atoms with van der Waals surface area (Å²) in [6.45, 7) is 3.44. The summed E-state index contributed by atoms with van der Waals surface area (Å²) in [4.78, 5) is 60.7. The lowest BCUT2D eigenvalue weighted by Crippen LogP contribution is -2.53. The zero-order valence-electron chi connectivity index (χ0n) is 25.8. The third kappa shape index (κ3) is 4.19. The second-order valence-electron chi connectivity index (χ2n) is 12.9. The quantitative estimate of drug-likeness (QED) is 0.189. The first-order valence-corrected chi connectivity index (χ1v) is 16.4. The maximum absolute atomic E-state index is 15.2. The van der Waals surface area contributed by atoms with E-state index in [0.29, 0.717) is 39.9 Å². The fraction of sp³-hybridized carbons (Fsp3) is 0.231. The van der Waals surface area contributed by atoms with E-state index in [4.69, 9.17) is 16.0 Å². The highest BCUT2D eigenvalue weighted by molar-refractivity contribution is 6.32. The molecule has 9 heteroatoms. The zero-order valence-corrected chi connectivity index (χ0v) is 26.5. The molecule has 1 saturated carbocycles. The van der Waals surface area contributed by atoms with Gasteiger partial charge in [0.25, 0.3) is 0 Å². The standard InChI is InChI=1S/C39H31ClN2O6/c1-2-22-11-13-25(14-12-22)41-35(44)29-17-16-28-30(33(29)37(41)46)20-31-36(45)42(26-10-6-9-24(40)19-26)38(47)39(31,23-7-4-3-5-8-23)34(28)32-18-15-27(21-43)48-32/h2-16,18-19,29-31,33-34,43H,1,17,20-21H2/t29-,30+,31-,33-,34+,39+/m0/s1. The molecule has 4 amide bonds. The van der Waals surface area contributed by atoms with E-state index in [9.17, 15) is 19.5 Å². The molecule has 2 aliphatic heterocycles. The fourth-order valence-electron chi connectivity index (χ4n) is 8.70. The number of aliphatic hydroxyl groups excluding tert-OH is 1. The van der Waals surface area contributed by atoms with Gasteiger partial charge >= 0.3 is 0 Å². The summed E-state index contributed by atoms with van der Waals surface area (Å²) >= 11 is 6.36. The van der Waals surface area contributed by atoms with Gasteiger partial charge < -0.3 is 9.52 Å². The Morgan fingerprint density at radius 1 is 0.854 bits per heavy atom. The number of fused-ring (bicyclic) bond motifs is 4. The lowest BCUT2D eigenvalue weighted by molar-refractivity contribution is -0.127. The third-order valence-electron chi connectivity index (χ3n) is 10.7. The van der Waals surface area contributed by atoms with Crippen molar-refractivity contribution in [3.05, 3.63) is 137 Å². The van der Waals surface area contributed by atoms with Gasteiger partial charge in [-0.15, -0.1) is 0 Å². The van der Waals surface area contributed by atoms with Crippen molar-refractivity contribution >= 4 is 52.7 Å². The number of carbonyl (C=O) groups is 4. The average Bonchev–Trinajstić information content (AvgIpc) is 3.75. The molecule has 6 atom stereocenters. The van der Waals surface area contributed by atoms with E-state index in [1.807, 2.05) is 48.5 Å². The summed E-state index contributed by atoms with van der Waals surface area (Å²) in [7, 11) is 0. The molecule has 3 heterocycles. The molecule has 2 aliphatic carbocycles. The molecule has 4 aromatic rings. The number of amides is 4. The topological polar surface area (TPSA) is 108 Å². The number of carbonyl (C=O) groups excluding carboxylic acids is 4. The van der Waals surface area contributed by atoms with E-state index >= 15 is 4.79 Å². The highest BCUT2D eigenvalue weighted by Crippen LogP contribution is 2.64. The Bertz CT molecular complexity index is 2030. The Hall–Kier alpha value is -5.05. The molecule has 3 fully saturated rings. The van der Waals surface area contributed by atoms with Crippen molar-refractivity contribution in [2.24, 2.45) is 23.7 Å². The van der Waals surface area contributed by atoms with Gasteiger partial charge in [0.1, 0.15) is 23.5 Å². The van der Waals surface area contributed by atoms with Crippen molar-refractivity contribution in [3.63, 3.8) is 0 Å². The number of hydrogen-bond donors (Lipinski definition) is 1. The number of furan rings is 1. The van der Waals surface area contributed by atoms with E-state index in [1.165, 1.54) is 9.80 Å². The molecule has 0 radical (unpaired) electrons. The van der Waals surface area contributed by atoms with Gasteiger partial charge in [-0.25, -0.2) is 4.90 Å². The molecule has 1 aromatic heterocycles. The number of halogens is 1. The molecule has 8 nitrogen and oxygen atoms in total. The zero-order chi connectivity index (χ0) is 33.3. The van der Waals surface area contributed by atoms with Crippen LogP contribution in [-0.2, 0) is 31.2 Å². The van der Waals surface area contributed by atoms with Gasteiger partial charge in [0.2, 0.25) is 23.6 Å². The number of aliphatic hydroxyl groups is 1. The van der Waals surface area contributed by atoms with Crippen LogP contribution in [0.5, 0.6) is 0 Å². The Morgan fingerprint density at radius 3 is 2.31 bits per heavy atom. The minimum Gasteiger partial charge on any atom is -0.463 e. The van der Waals surface area contributed by atoms with E-state index in [1.54, 1.807) is 54.6 Å². The van der Waals surface area contributed by atoms with Crippen LogP contribution in [0.3, 0.4) is 0 Å². The van der Waals surface area contributed by atoms with Crippen LogP contribution in [0.1, 0.15) is 41.4 Å². The van der Waals surface area contributed by atoms with Gasteiger partial charge in [0.05, 0.1) is 35.0 Å². The summed E-state index contributed by atoms with van der Waals surface area (Å²) < 4.78 is 6.23. The minimum atomic E-state index is -1.44. The van der Waals surface area contributed by atoms with Crippen LogP contribution < -0.4 is 9.80 Å². The van der Waals surface area contributed by atoms with Gasteiger partial charge in [-0.2, -0.15) is 0 Å². The van der Waals surface area contributed by atoms with Crippen LogP contribution in [0.15, 0.2) is 114 Å². The summed E-state index contributed by atoms with van der Waals surface area (Å²) in [6.07, 6.45) is 4.14. The first-order chi connectivity index (χ1) is 23.3. The molecular weight excluding hydrogens is 628 g/mol. The van der Waals surface area contributed by atoms with Gasteiger partial charge in [-0.05, 0) is 72.4 Å². The minimum absolute atomic E-state index is 0.176. The smallest absolute Gasteiger partial charge is 0.246 e. The van der Waals surface area contributed by atoms with E-state index in [0.717, 1.165) is 11.1 Å². The first kappa shape index (κ1) is 30.3. The monoisotopic (exact) mass is 658 g/mol. The predicted octanol–water partition coefficient (Wildman–Crippen LogP) is 6.44. The van der Waals surface area contributed by atoms with Crippen molar-refractivity contribution < 1.29 is 28.7 Å². The average molecular weight is 659 g/mol. The van der Waals surface area contributed by atoms with Crippen LogP contribution in [0.25, 0.3) is 6.08 Å². The number of benzene rings is 3. The molecule has 2 saturated heterocycles. The predicted molar refractivity (Wildman–Crippen MR) is 180 cm³/mol. The Morgan fingerprint density at radius 2 is 1.62 bits per heavy atom. The Labute approximate surface area is 281 Å². The van der Waals surface area contributed by atoms with Gasteiger partial charge in [0, 0.05) is 5.02 Å². The number of allylic oxidation sites excluding steroid dienone is 2. The van der Waals surface area contributed by atoms with Crippen LogP contribution in [0.4, 0.5) is 11.4 Å². The molecule has 0 spiro atoms. The number of anilines is 2. The number of hydrogen-bond acceptors (Lipinski definition) is 6. The Balaban J connectivity index is 1.32. The number of imide groups is 2. The van der Waals surface area contributed by atoms with Crippen molar-refractivity contribution in [3.8, 4) is 0 Å². The summed E-state index contributed by atoms with van der Waals surface area (Å²) in [5, 5.41) is 10.4. The molecule has 4 aliphatic rings. The van der Waals surface area contributed by atoms with Crippen molar-refractivity contribution in [2.75, 3.05) is 9.80 Å². The van der Waals surface area contributed by atoms with Crippen LogP contribution >= 0.6 is 11.6 Å². The molecule has 48 heavy (non-hydrogen) atoms. The van der Waals surface area contributed by atoms with Gasteiger partial charge in [-0.1, -0.05) is 84.4 Å². The largest absolute Gasteiger partial charge is 0.463 e. The SMILES string of the molecule is C=Cc1ccc(N2C(=O)[C@H]3[C@H](CC=C4[C@H]3C[C@H]3C(=O)N(c5cccc(Cl)c5)C(=O)[C@@]3(c3ccccc3)[C@H]4c3ccc(CO)o3)C2=O)cc1. The molecule has 1 N–H and O–H groups in total. The maximum Gasteiger partial charge on any atom is 0.246 e. The molecule has 240 valence electrons. The summed E-state index contributed by atoms with van der Waals surface area (Å²) in [5.74, 6) is -4.27. The lowest BCUT2D eigenvalue weighted by atomic mass is 9.50. The third-order valence-corrected chi connectivity index (χ3v) is 10.9. The molecule has 0 unspecified atom stereocenters. The van der Waals surface area contributed by atoms with Crippen molar-refractivity contribution in [1.29, 1.82) is 0 Å². The van der Waals surface area contributed by atoms with E-state index < -0.39 is 46.8 Å². The van der Waals surface area contributed by atoms with Gasteiger partial charge in [0.15, 0.2) is 0 Å². The lowest BCUT2D eigenvalue weighted by Gasteiger charge is -2.49. The van der Waals surface area contributed by atoms with Crippen LogP contribution in [-0.4, -0.2) is 28.7 Å². The normalized spacial score (nSPS) is 27.9. The van der Waals surface area contributed by atoms with Crippen molar-refractivity contribution in [2.45, 2.75) is 30.8 Å².